The maximum Gasteiger partial charge on any atom is 0.224 e. The summed E-state index contributed by atoms with van der Waals surface area (Å²) in [5.74, 6) is 1.27. The second-order valence-corrected chi connectivity index (χ2v) is 8.39. The van der Waals surface area contributed by atoms with Crippen molar-refractivity contribution in [3.63, 3.8) is 0 Å². The van der Waals surface area contributed by atoms with Crippen LogP contribution in [-0.2, 0) is 21.5 Å². The van der Waals surface area contributed by atoms with Crippen molar-refractivity contribution < 1.29 is 9.53 Å². The van der Waals surface area contributed by atoms with Gasteiger partial charge in [-0.25, -0.2) is 4.98 Å². The van der Waals surface area contributed by atoms with Crippen LogP contribution in [0.2, 0.25) is 0 Å². The number of methoxy groups -OCH3 is 1. The first-order chi connectivity index (χ1) is 12.3. The van der Waals surface area contributed by atoms with Crippen LogP contribution in [0.4, 0.5) is 0 Å². The van der Waals surface area contributed by atoms with E-state index in [9.17, 15) is 4.79 Å². The number of aromatic nitrogens is 2. The molecule has 2 atom stereocenters. The van der Waals surface area contributed by atoms with Crippen LogP contribution in [0.25, 0.3) is 11.0 Å². The summed E-state index contributed by atoms with van der Waals surface area (Å²) in [5.41, 5.74) is 2.04. The highest BCUT2D eigenvalue weighted by Gasteiger charge is 2.29. The molecule has 142 valence electrons. The lowest BCUT2D eigenvalue weighted by molar-refractivity contribution is -0.136. The second-order valence-electron chi connectivity index (χ2n) is 8.39. The molecule has 0 spiro atoms. The Hall–Kier alpha value is -1.88. The zero-order chi connectivity index (χ0) is 18.9. The predicted octanol–water partition coefficient (Wildman–Crippen LogP) is 3.75. The maximum atomic E-state index is 12.8. The van der Waals surface area contributed by atoms with Crippen LogP contribution in [-0.4, -0.2) is 46.2 Å². The number of hydrogen-bond acceptors (Lipinski definition) is 3. The van der Waals surface area contributed by atoms with Crippen LogP contribution in [0.15, 0.2) is 24.3 Å². The number of piperidine rings is 1. The molecule has 0 radical (unpaired) electrons. The number of likely N-dealkylation sites (tertiary alicyclic amines) is 1. The lowest BCUT2D eigenvalue weighted by Crippen LogP contribution is -2.46. The minimum atomic E-state index is -0.0633. The summed E-state index contributed by atoms with van der Waals surface area (Å²) in [7, 11) is 1.76. The monoisotopic (exact) mass is 357 g/mol. The fourth-order valence-corrected chi connectivity index (χ4v) is 3.94. The van der Waals surface area contributed by atoms with Crippen molar-refractivity contribution in [1.82, 2.24) is 14.5 Å². The van der Waals surface area contributed by atoms with E-state index < -0.39 is 0 Å². The molecular formula is C21H31N3O2. The first kappa shape index (κ1) is 18.9. The molecule has 0 N–H and O–H groups in total. The van der Waals surface area contributed by atoms with Gasteiger partial charge in [0.15, 0.2) is 0 Å². The predicted molar refractivity (Wildman–Crippen MR) is 104 cm³/mol. The molecule has 26 heavy (non-hydrogen) atoms. The van der Waals surface area contributed by atoms with Gasteiger partial charge in [0.25, 0.3) is 0 Å². The minimum Gasteiger partial charge on any atom is -0.381 e. The average Bonchev–Trinajstić information content (AvgIpc) is 2.98. The van der Waals surface area contributed by atoms with Crippen molar-refractivity contribution in [3.8, 4) is 0 Å². The molecule has 5 nitrogen and oxygen atoms in total. The third-order valence-corrected chi connectivity index (χ3v) is 5.36. The summed E-state index contributed by atoms with van der Waals surface area (Å²) in [6.45, 7) is 10.1. The highest BCUT2D eigenvalue weighted by Crippen LogP contribution is 2.27. The number of aryl methyl sites for hydroxylation is 1. The van der Waals surface area contributed by atoms with Gasteiger partial charge < -0.3 is 14.2 Å². The number of imidazole rings is 1. The van der Waals surface area contributed by atoms with Gasteiger partial charge in [0.1, 0.15) is 5.82 Å². The SMILES string of the molecule is COC1CCN(C(=O)CCn2c(C(C)(C)C)nc3ccccc32)C(C)C1. The normalized spacial score (nSPS) is 21.3. The van der Waals surface area contributed by atoms with Gasteiger partial charge in [0.05, 0.1) is 17.1 Å². The quantitative estimate of drug-likeness (QED) is 0.837. The second kappa shape index (κ2) is 7.39. The summed E-state index contributed by atoms with van der Waals surface area (Å²) >= 11 is 0. The Balaban J connectivity index is 1.76. The summed E-state index contributed by atoms with van der Waals surface area (Å²) in [4.78, 5) is 19.7. The van der Waals surface area contributed by atoms with Crippen LogP contribution < -0.4 is 0 Å². The molecule has 1 saturated heterocycles. The number of nitrogens with zero attached hydrogens (tertiary/aromatic N) is 3. The third-order valence-electron chi connectivity index (χ3n) is 5.36. The molecule has 1 fully saturated rings. The molecule has 1 aromatic carbocycles. The molecular weight excluding hydrogens is 326 g/mol. The largest absolute Gasteiger partial charge is 0.381 e. The number of hydrogen-bond donors (Lipinski definition) is 0. The number of rotatable bonds is 4. The molecule has 0 aliphatic carbocycles. The first-order valence-electron chi connectivity index (χ1n) is 9.59. The molecule has 2 aromatic rings. The van der Waals surface area contributed by atoms with Gasteiger partial charge >= 0.3 is 0 Å². The zero-order valence-corrected chi connectivity index (χ0v) is 16.7. The van der Waals surface area contributed by atoms with Crippen molar-refractivity contribution in [2.24, 2.45) is 0 Å². The number of ether oxygens (including phenoxy) is 1. The summed E-state index contributed by atoms with van der Waals surface area (Å²) in [5, 5.41) is 0. The maximum absolute atomic E-state index is 12.8. The minimum absolute atomic E-state index is 0.0633. The van der Waals surface area contributed by atoms with E-state index in [1.54, 1.807) is 7.11 Å². The van der Waals surface area contributed by atoms with Gasteiger partial charge in [-0.1, -0.05) is 32.9 Å². The molecule has 2 heterocycles. The Morgan fingerprint density at radius 3 is 2.69 bits per heavy atom. The Bertz CT molecular complexity index is 775. The van der Waals surface area contributed by atoms with E-state index in [2.05, 4.69) is 38.3 Å². The topological polar surface area (TPSA) is 47.4 Å². The molecule has 2 unspecified atom stereocenters. The van der Waals surface area contributed by atoms with Crippen molar-refractivity contribution >= 4 is 16.9 Å². The van der Waals surface area contributed by atoms with Gasteiger partial charge in [-0.3, -0.25) is 4.79 Å². The molecule has 1 amide bonds. The lowest BCUT2D eigenvalue weighted by Gasteiger charge is -2.37. The molecule has 1 aromatic heterocycles. The Kier molecular flexibility index (Phi) is 5.37. The third kappa shape index (κ3) is 3.78. The fraction of sp³-hybridized carbons (Fsp3) is 0.619. The number of benzene rings is 1. The molecule has 0 saturated carbocycles. The number of carbonyl (C=O) groups is 1. The highest BCUT2D eigenvalue weighted by molar-refractivity contribution is 5.78. The summed E-state index contributed by atoms with van der Waals surface area (Å²) in [6, 6.07) is 8.42. The van der Waals surface area contributed by atoms with E-state index in [1.807, 2.05) is 23.1 Å². The summed E-state index contributed by atoms with van der Waals surface area (Å²) < 4.78 is 7.68. The standard InChI is InChI=1S/C21H31N3O2/c1-15-14-16(26-5)10-12-23(15)19(25)11-13-24-18-9-7-6-8-17(18)22-20(24)21(2,3)4/h6-9,15-16H,10-14H2,1-5H3. The lowest BCUT2D eigenvalue weighted by atomic mass is 9.95. The van der Waals surface area contributed by atoms with E-state index >= 15 is 0 Å². The van der Waals surface area contributed by atoms with Crippen molar-refractivity contribution in [1.29, 1.82) is 0 Å². The smallest absolute Gasteiger partial charge is 0.224 e. The zero-order valence-electron chi connectivity index (χ0n) is 16.7. The molecule has 0 bridgehead atoms. The molecule has 5 heteroatoms. The van der Waals surface area contributed by atoms with Crippen molar-refractivity contribution in [2.45, 2.75) is 71.1 Å². The van der Waals surface area contributed by atoms with Gasteiger partial charge in [0.2, 0.25) is 5.91 Å². The van der Waals surface area contributed by atoms with E-state index in [-0.39, 0.29) is 23.5 Å². The first-order valence-corrected chi connectivity index (χ1v) is 9.59. The average molecular weight is 357 g/mol. The van der Waals surface area contributed by atoms with Crippen LogP contribution >= 0.6 is 0 Å². The number of fused-ring (bicyclic) bond motifs is 1. The van der Waals surface area contributed by atoms with E-state index in [4.69, 9.17) is 9.72 Å². The Morgan fingerprint density at radius 1 is 1.31 bits per heavy atom. The molecule has 1 aliphatic heterocycles. The molecule has 3 rings (SSSR count). The van der Waals surface area contributed by atoms with Crippen LogP contribution in [0.1, 0.15) is 52.8 Å². The van der Waals surface area contributed by atoms with Gasteiger partial charge in [-0.05, 0) is 31.9 Å². The van der Waals surface area contributed by atoms with Crippen LogP contribution in [0.5, 0.6) is 0 Å². The van der Waals surface area contributed by atoms with E-state index in [1.165, 1.54) is 0 Å². The van der Waals surface area contributed by atoms with Crippen LogP contribution in [0, 0.1) is 0 Å². The Labute approximate surface area is 156 Å². The number of para-hydroxylation sites is 2. The Morgan fingerprint density at radius 2 is 2.04 bits per heavy atom. The van der Waals surface area contributed by atoms with Gasteiger partial charge in [-0.15, -0.1) is 0 Å². The fourth-order valence-electron chi connectivity index (χ4n) is 3.94. The van der Waals surface area contributed by atoms with Gasteiger partial charge in [-0.2, -0.15) is 0 Å². The van der Waals surface area contributed by atoms with E-state index in [0.29, 0.717) is 13.0 Å². The van der Waals surface area contributed by atoms with Crippen molar-refractivity contribution in [2.75, 3.05) is 13.7 Å². The summed E-state index contributed by atoms with van der Waals surface area (Å²) in [6.07, 6.45) is 2.63. The highest BCUT2D eigenvalue weighted by atomic mass is 16.5. The van der Waals surface area contributed by atoms with Crippen molar-refractivity contribution in [3.05, 3.63) is 30.1 Å². The molecule has 1 aliphatic rings. The van der Waals surface area contributed by atoms with E-state index in [0.717, 1.165) is 36.2 Å². The van der Waals surface area contributed by atoms with Crippen LogP contribution in [0.3, 0.4) is 0 Å². The van der Waals surface area contributed by atoms with Gasteiger partial charge in [0, 0.05) is 38.1 Å². The number of amides is 1. The number of carbonyl (C=O) groups excluding carboxylic acids is 1.